The summed E-state index contributed by atoms with van der Waals surface area (Å²) >= 11 is 1.12. The van der Waals surface area contributed by atoms with Crippen molar-refractivity contribution in [3.05, 3.63) is 52.9 Å². The standard InChI is InChI=1S/C21H26N2O5S2/c1-2-28-20(25)15-18(16-8-4-3-5-9-16)22-19(24)14-17-10-11-21(29-17)30(26,27)23-12-6-7-13-23/h3-5,8-11,18H,2,6-7,12-15H2,1H3,(H,22,24). The maximum Gasteiger partial charge on any atom is 0.308 e. The van der Waals surface area contributed by atoms with Crippen molar-refractivity contribution in [3.8, 4) is 0 Å². The van der Waals surface area contributed by atoms with Gasteiger partial charge in [-0.1, -0.05) is 30.3 Å². The molecule has 30 heavy (non-hydrogen) atoms. The number of rotatable bonds is 9. The van der Waals surface area contributed by atoms with Crippen molar-refractivity contribution in [2.75, 3.05) is 19.7 Å². The van der Waals surface area contributed by atoms with Crippen molar-refractivity contribution in [1.29, 1.82) is 0 Å². The maximum absolute atomic E-state index is 12.7. The van der Waals surface area contributed by atoms with E-state index in [0.717, 1.165) is 29.7 Å². The number of esters is 1. The normalized spacial score (nSPS) is 15.6. The lowest BCUT2D eigenvalue weighted by molar-refractivity contribution is -0.143. The average molecular weight is 451 g/mol. The number of benzene rings is 1. The Morgan fingerprint density at radius 1 is 1.13 bits per heavy atom. The molecule has 0 radical (unpaired) electrons. The molecule has 2 heterocycles. The quantitative estimate of drug-likeness (QED) is 0.593. The Bertz CT molecular complexity index is 966. The molecule has 1 aliphatic heterocycles. The molecule has 9 heteroatoms. The first kappa shape index (κ1) is 22.5. The molecule has 1 aliphatic rings. The van der Waals surface area contributed by atoms with E-state index >= 15 is 0 Å². The summed E-state index contributed by atoms with van der Waals surface area (Å²) in [5.41, 5.74) is 0.808. The van der Waals surface area contributed by atoms with E-state index < -0.39 is 16.1 Å². The van der Waals surface area contributed by atoms with Crippen LogP contribution in [0, 0.1) is 0 Å². The summed E-state index contributed by atoms with van der Waals surface area (Å²) in [4.78, 5) is 25.3. The number of carbonyl (C=O) groups excluding carboxylic acids is 2. The van der Waals surface area contributed by atoms with Crippen molar-refractivity contribution >= 4 is 33.2 Å². The number of hydrogen-bond acceptors (Lipinski definition) is 6. The van der Waals surface area contributed by atoms with E-state index in [0.29, 0.717) is 18.0 Å². The van der Waals surface area contributed by atoms with Crippen molar-refractivity contribution in [2.45, 2.75) is 42.9 Å². The number of ether oxygens (including phenoxy) is 1. The number of amides is 1. The van der Waals surface area contributed by atoms with Crippen LogP contribution in [-0.4, -0.2) is 44.3 Å². The summed E-state index contributed by atoms with van der Waals surface area (Å²) in [5, 5.41) is 2.88. The predicted octanol–water partition coefficient (Wildman–Crippen LogP) is 2.89. The molecular weight excluding hydrogens is 424 g/mol. The fourth-order valence-corrected chi connectivity index (χ4v) is 6.40. The van der Waals surface area contributed by atoms with Gasteiger partial charge in [0, 0.05) is 18.0 Å². The van der Waals surface area contributed by atoms with E-state index in [1.54, 1.807) is 19.1 Å². The topological polar surface area (TPSA) is 92.8 Å². The maximum atomic E-state index is 12.7. The predicted molar refractivity (Wildman–Crippen MR) is 115 cm³/mol. The Hall–Kier alpha value is -2.23. The van der Waals surface area contributed by atoms with Crippen LogP contribution >= 0.6 is 11.3 Å². The second-order valence-electron chi connectivity index (χ2n) is 7.05. The van der Waals surface area contributed by atoms with Gasteiger partial charge in [-0.25, -0.2) is 8.42 Å². The molecule has 1 N–H and O–H groups in total. The molecular formula is C21H26N2O5S2. The fourth-order valence-electron chi connectivity index (χ4n) is 3.38. The summed E-state index contributed by atoms with van der Waals surface area (Å²) in [7, 11) is -3.48. The molecule has 2 aromatic rings. The van der Waals surface area contributed by atoms with E-state index in [1.807, 2.05) is 30.3 Å². The molecule has 1 aromatic heterocycles. The molecule has 0 saturated carbocycles. The Balaban J connectivity index is 1.67. The van der Waals surface area contributed by atoms with E-state index in [-0.39, 0.29) is 35.5 Å². The van der Waals surface area contributed by atoms with Gasteiger partial charge in [-0.15, -0.1) is 11.3 Å². The largest absolute Gasteiger partial charge is 0.466 e. The molecule has 1 atom stereocenters. The van der Waals surface area contributed by atoms with Crippen LogP contribution in [-0.2, 0) is 30.8 Å². The molecule has 0 spiro atoms. The lowest BCUT2D eigenvalue weighted by Gasteiger charge is -2.18. The number of thiophene rings is 1. The monoisotopic (exact) mass is 450 g/mol. The van der Waals surface area contributed by atoms with Crippen LogP contribution in [0.4, 0.5) is 0 Å². The number of nitrogens with one attached hydrogen (secondary N) is 1. The van der Waals surface area contributed by atoms with Crippen LogP contribution in [0.2, 0.25) is 0 Å². The van der Waals surface area contributed by atoms with Gasteiger partial charge < -0.3 is 10.1 Å². The van der Waals surface area contributed by atoms with Crippen molar-refractivity contribution in [3.63, 3.8) is 0 Å². The van der Waals surface area contributed by atoms with Crippen molar-refractivity contribution in [1.82, 2.24) is 9.62 Å². The highest BCUT2D eigenvalue weighted by atomic mass is 32.2. The zero-order valence-corrected chi connectivity index (χ0v) is 18.5. The molecule has 1 aromatic carbocycles. The molecule has 1 amide bonds. The van der Waals surface area contributed by atoms with E-state index in [4.69, 9.17) is 4.74 Å². The van der Waals surface area contributed by atoms with E-state index in [2.05, 4.69) is 5.32 Å². The highest BCUT2D eigenvalue weighted by molar-refractivity contribution is 7.91. The van der Waals surface area contributed by atoms with Crippen LogP contribution in [0.15, 0.2) is 46.7 Å². The molecule has 3 rings (SSSR count). The minimum atomic E-state index is -3.48. The Morgan fingerprint density at radius 3 is 2.50 bits per heavy atom. The third-order valence-electron chi connectivity index (χ3n) is 4.84. The van der Waals surface area contributed by atoms with Crippen LogP contribution in [0.3, 0.4) is 0 Å². The molecule has 1 saturated heterocycles. The van der Waals surface area contributed by atoms with Crippen LogP contribution in [0.25, 0.3) is 0 Å². The van der Waals surface area contributed by atoms with Gasteiger partial charge in [-0.2, -0.15) is 4.31 Å². The number of sulfonamides is 1. The Morgan fingerprint density at radius 2 is 1.83 bits per heavy atom. The average Bonchev–Trinajstić information content (AvgIpc) is 3.41. The molecule has 0 bridgehead atoms. The van der Waals surface area contributed by atoms with E-state index in [9.17, 15) is 18.0 Å². The van der Waals surface area contributed by atoms with Gasteiger partial charge in [0.25, 0.3) is 10.0 Å². The van der Waals surface area contributed by atoms with Crippen LogP contribution in [0.5, 0.6) is 0 Å². The van der Waals surface area contributed by atoms with Gasteiger partial charge in [0.1, 0.15) is 4.21 Å². The van der Waals surface area contributed by atoms with Gasteiger partial charge in [-0.3, -0.25) is 9.59 Å². The summed E-state index contributed by atoms with van der Waals surface area (Å²) in [6.07, 6.45) is 1.83. The molecule has 1 unspecified atom stereocenters. The first-order valence-corrected chi connectivity index (χ1v) is 12.2. The molecule has 0 aliphatic carbocycles. The number of carbonyl (C=O) groups is 2. The van der Waals surface area contributed by atoms with Crippen molar-refractivity contribution < 1.29 is 22.7 Å². The summed E-state index contributed by atoms with van der Waals surface area (Å²) in [5.74, 6) is -0.665. The van der Waals surface area contributed by atoms with Crippen LogP contribution in [0.1, 0.15) is 42.7 Å². The fraction of sp³-hybridized carbons (Fsp3) is 0.429. The number of hydrogen-bond donors (Lipinski definition) is 1. The van der Waals surface area contributed by atoms with Gasteiger partial charge in [-0.05, 0) is 37.5 Å². The second-order valence-corrected chi connectivity index (χ2v) is 10.4. The number of nitrogens with zero attached hydrogens (tertiary/aromatic N) is 1. The Kier molecular flexibility index (Phi) is 7.63. The van der Waals surface area contributed by atoms with Gasteiger partial charge in [0.15, 0.2) is 0 Å². The highest BCUT2D eigenvalue weighted by Crippen LogP contribution is 2.28. The first-order valence-electron chi connectivity index (χ1n) is 9.99. The third-order valence-corrected chi connectivity index (χ3v) is 8.30. The van der Waals surface area contributed by atoms with Gasteiger partial charge >= 0.3 is 5.97 Å². The zero-order valence-electron chi connectivity index (χ0n) is 16.9. The second kappa shape index (κ2) is 10.2. The van der Waals surface area contributed by atoms with Gasteiger partial charge in [0.2, 0.25) is 5.91 Å². The lowest BCUT2D eigenvalue weighted by Crippen LogP contribution is -2.31. The SMILES string of the molecule is CCOC(=O)CC(NC(=O)Cc1ccc(S(=O)(=O)N2CCCC2)s1)c1ccccc1. The molecule has 7 nitrogen and oxygen atoms in total. The van der Waals surface area contributed by atoms with Crippen LogP contribution < -0.4 is 5.32 Å². The third kappa shape index (κ3) is 5.68. The minimum Gasteiger partial charge on any atom is -0.466 e. The zero-order chi connectivity index (χ0) is 21.6. The summed E-state index contributed by atoms with van der Waals surface area (Å²) in [6, 6.07) is 12.0. The lowest BCUT2D eigenvalue weighted by atomic mass is 10.0. The summed E-state index contributed by atoms with van der Waals surface area (Å²) in [6.45, 7) is 3.10. The first-order chi connectivity index (χ1) is 14.4. The smallest absolute Gasteiger partial charge is 0.308 e. The van der Waals surface area contributed by atoms with Gasteiger partial charge in [0.05, 0.1) is 25.5 Å². The minimum absolute atomic E-state index is 0.0304. The van der Waals surface area contributed by atoms with Crippen molar-refractivity contribution in [2.24, 2.45) is 0 Å². The van der Waals surface area contributed by atoms with E-state index in [1.165, 1.54) is 4.31 Å². The Labute approximate surface area is 181 Å². The summed E-state index contributed by atoms with van der Waals surface area (Å²) < 4.78 is 32.1. The molecule has 162 valence electrons. The highest BCUT2D eigenvalue weighted by Gasteiger charge is 2.29. The molecule has 1 fully saturated rings.